The summed E-state index contributed by atoms with van der Waals surface area (Å²) in [5, 5.41) is 0.710. The first-order valence-corrected chi connectivity index (χ1v) is 12.1. The summed E-state index contributed by atoms with van der Waals surface area (Å²) in [4.78, 5) is 22.8. The smallest absolute Gasteiger partial charge is 0.263 e. The van der Waals surface area contributed by atoms with Gasteiger partial charge in [0.05, 0.1) is 15.8 Å². The van der Waals surface area contributed by atoms with E-state index in [-0.39, 0.29) is 5.91 Å². The molecule has 0 aliphatic carbocycles. The number of hydrogen-bond donors (Lipinski definition) is 0. The van der Waals surface area contributed by atoms with Gasteiger partial charge < -0.3 is 9.64 Å². The number of anilines is 1. The Morgan fingerprint density at radius 3 is 2.42 bits per heavy atom. The van der Waals surface area contributed by atoms with E-state index >= 15 is 0 Å². The number of thiazole rings is 1. The normalized spacial score (nSPS) is 11.2. The van der Waals surface area contributed by atoms with Crippen molar-refractivity contribution in [2.75, 3.05) is 31.1 Å². The van der Waals surface area contributed by atoms with Crippen LogP contribution in [0.4, 0.5) is 5.13 Å². The Hall–Kier alpha value is -3.22. The molecule has 0 spiro atoms. The highest BCUT2D eigenvalue weighted by Crippen LogP contribution is 2.32. The zero-order chi connectivity index (χ0) is 23.2. The van der Waals surface area contributed by atoms with Crippen molar-refractivity contribution in [1.29, 1.82) is 0 Å². The van der Waals surface area contributed by atoms with Crippen LogP contribution in [0.3, 0.4) is 0 Å². The highest BCUT2D eigenvalue weighted by Gasteiger charge is 2.24. The summed E-state index contributed by atoms with van der Waals surface area (Å²) in [6.07, 6.45) is 0. The van der Waals surface area contributed by atoms with Crippen molar-refractivity contribution < 1.29 is 9.53 Å². The maximum absolute atomic E-state index is 13.9. The van der Waals surface area contributed by atoms with Crippen molar-refractivity contribution >= 4 is 32.6 Å². The minimum atomic E-state index is -0.107. The van der Waals surface area contributed by atoms with Crippen LogP contribution in [0.25, 0.3) is 10.2 Å². The number of benzene rings is 3. The SMILES string of the molecule is CCN(CC)CCN(C(=O)c1ccccc1Oc1ccccc1)c1nc2ccc(C)cc2s1. The Morgan fingerprint density at radius 1 is 0.939 bits per heavy atom. The van der Waals surface area contributed by atoms with E-state index < -0.39 is 0 Å². The van der Waals surface area contributed by atoms with Crippen LogP contribution in [-0.2, 0) is 0 Å². The molecule has 0 atom stereocenters. The van der Waals surface area contributed by atoms with E-state index in [1.807, 2.05) is 60.7 Å². The molecule has 4 aromatic rings. The van der Waals surface area contributed by atoms with E-state index in [0.717, 1.165) is 29.9 Å². The summed E-state index contributed by atoms with van der Waals surface area (Å²) < 4.78 is 7.17. The molecule has 0 aliphatic heterocycles. The van der Waals surface area contributed by atoms with Gasteiger partial charge in [0.25, 0.3) is 5.91 Å². The molecule has 1 heterocycles. The molecule has 33 heavy (non-hydrogen) atoms. The quantitative estimate of drug-likeness (QED) is 0.291. The Balaban J connectivity index is 1.70. The van der Waals surface area contributed by atoms with Crippen LogP contribution in [0.1, 0.15) is 29.8 Å². The lowest BCUT2D eigenvalue weighted by molar-refractivity contribution is 0.0981. The van der Waals surface area contributed by atoms with Crippen LogP contribution in [0.2, 0.25) is 0 Å². The summed E-state index contributed by atoms with van der Waals surface area (Å²) in [7, 11) is 0. The number of likely N-dealkylation sites (N-methyl/N-ethyl adjacent to an activating group) is 1. The summed E-state index contributed by atoms with van der Waals surface area (Å²) in [6.45, 7) is 9.54. The highest BCUT2D eigenvalue weighted by atomic mass is 32.1. The number of aryl methyl sites for hydroxylation is 1. The third kappa shape index (κ3) is 5.41. The fourth-order valence-corrected chi connectivity index (χ4v) is 4.78. The Labute approximate surface area is 199 Å². The first kappa shape index (κ1) is 23.0. The van der Waals surface area contributed by atoms with Gasteiger partial charge in [-0.3, -0.25) is 9.69 Å². The van der Waals surface area contributed by atoms with Crippen molar-refractivity contribution in [2.45, 2.75) is 20.8 Å². The fourth-order valence-electron chi connectivity index (χ4n) is 3.69. The van der Waals surface area contributed by atoms with Gasteiger partial charge >= 0.3 is 0 Å². The molecule has 5 nitrogen and oxygen atoms in total. The molecule has 4 rings (SSSR count). The molecule has 0 radical (unpaired) electrons. The van der Waals surface area contributed by atoms with Crippen molar-refractivity contribution in [2.24, 2.45) is 0 Å². The number of ether oxygens (including phenoxy) is 1. The van der Waals surface area contributed by atoms with Crippen molar-refractivity contribution in [3.8, 4) is 11.5 Å². The number of amides is 1. The minimum absolute atomic E-state index is 0.107. The number of fused-ring (bicyclic) bond motifs is 1. The average molecular weight is 460 g/mol. The number of aromatic nitrogens is 1. The lowest BCUT2D eigenvalue weighted by Crippen LogP contribution is -2.39. The zero-order valence-corrected chi connectivity index (χ0v) is 20.1. The molecule has 170 valence electrons. The van der Waals surface area contributed by atoms with Crippen molar-refractivity contribution in [1.82, 2.24) is 9.88 Å². The van der Waals surface area contributed by atoms with E-state index in [0.29, 0.717) is 28.7 Å². The lowest BCUT2D eigenvalue weighted by Gasteiger charge is -2.25. The van der Waals surface area contributed by atoms with Crippen LogP contribution in [0, 0.1) is 6.92 Å². The molecule has 0 fully saturated rings. The van der Waals surface area contributed by atoms with Crippen LogP contribution < -0.4 is 9.64 Å². The van der Waals surface area contributed by atoms with Crippen LogP contribution >= 0.6 is 11.3 Å². The van der Waals surface area contributed by atoms with Crippen LogP contribution in [0.5, 0.6) is 11.5 Å². The van der Waals surface area contributed by atoms with Crippen molar-refractivity contribution in [3.05, 3.63) is 83.9 Å². The van der Waals surface area contributed by atoms with Gasteiger partial charge in [-0.2, -0.15) is 0 Å². The van der Waals surface area contributed by atoms with Gasteiger partial charge in [-0.15, -0.1) is 0 Å². The standard InChI is InChI=1S/C27H29N3O2S/c1-4-29(5-2)17-18-30(27-28-23-16-15-20(3)19-25(23)33-27)26(31)22-13-9-10-14-24(22)32-21-11-7-6-8-12-21/h6-16,19H,4-5,17-18H2,1-3H3. The molecule has 0 unspecified atom stereocenters. The molecule has 0 bridgehead atoms. The molecular weight excluding hydrogens is 430 g/mol. The van der Waals surface area contributed by atoms with Gasteiger partial charge in [-0.05, 0) is 62.0 Å². The molecule has 0 N–H and O–H groups in total. The molecule has 6 heteroatoms. The van der Waals surface area contributed by atoms with E-state index in [1.54, 1.807) is 16.2 Å². The van der Waals surface area contributed by atoms with Gasteiger partial charge in [0, 0.05) is 13.1 Å². The number of nitrogens with zero attached hydrogens (tertiary/aromatic N) is 3. The predicted octanol–water partition coefficient (Wildman–Crippen LogP) is 6.39. The number of carbonyl (C=O) groups excluding carboxylic acids is 1. The molecule has 0 saturated carbocycles. The monoisotopic (exact) mass is 459 g/mol. The maximum Gasteiger partial charge on any atom is 0.263 e. The van der Waals surface area contributed by atoms with Gasteiger partial charge in [0.1, 0.15) is 11.5 Å². The molecule has 0 saturated heterocycles. The summed E-state index contributed by atoms with van der Waals surface area (Å²) >= 11 is 1.55. The second-order valence-corrected chi connectivity index (χ2v) is 8.87. The Morgan fingerprint density at radius 2 is 1.67 bits per heavy atom. The third-order valence-electron chi connectivity index (χ3n) is 5.63. The van der Waals surface area contributed by atoms with E-state index in [9.17, 15) is 4.79 Å². The van der Waals surface area contributed by atoms with Gasteiger partial charge in [-0.1, -0.05) is 61.6 Å². The average Bonchev–Trinajstić information content (AvgIpc) is 3.25. The first-order valence-electron chi connectivity index (χ1n) is 11.3. The predicted molar refractivity (Wildman–Crippen MR) is 137 cm³/mol. The van der Waals surface area contributed by atoms with E-state index in [4.69, 9.17) is 9.72 Å². The second kappa shape index (κ2) is 10.6. The number of rotatable bonds is 9. The third-order valence-corrected chi connectivity index (χ3v) is 6.67. The first-order chi connectivity index (χ1) is 16.1. The molecule has 3 aromatic carbocycles. The molecular formula is C27H29N3O2S. The van der Waals surface area contributed by atoms with Gasteiger partial charge in [-0.25, -0.2) is 4.98 Å². The molecule has 1 amide bonds. The molecule has 1 aromatic heterocycles. The van der Waals surface area contributed by atoms with E-state index in [1.165, 1.54) is 5.56 Å². The number of hydrogen-bond acceptors (Lipinski definition) is 5. The van der Waals surface area contributed by atoms with Crippen LogP contribution in [0.15, 0.2) is 72.8 Å². The topological polar surface area (TPSA) is 45.7 Å². The lowest BCUT2D eigenvalue weighted by atomic mass is 10.1. The summed E-state index contributed by atoms with van der Waals surface area (Å²) in [5.74, 6) is 1.13. The Kier molecular flexibility index (Phi) is 7.37. The Bertz CT molecular complexity index is 1220. The largest absolute Gasteiger partial charge is 0.457 e. The molecule has 0 aliphatic rings. The maximum atomic E-state index is 13.9. The minimum Gasteiger partial charge on any atom is -0.457 e. The van der Waals surface area contributed by atoms with Gasteiger partial charge in [0.15, 0.2) is 5.13 Å². The number of carbonyl (C=O) groups is 1. The van der Waals surface area contributed by atoms with Crippen LogP contribution in [-0.4, -0.2) is 42.0 Å². The fraction of sp³-hybridized carbons (Fsp3) is 0.259. The van der Waals surface area contributed by atoms with Crippen molar-refractivity contribution in [3.63, 3.8) is 0 Å². The second-order valence-electron chi connectivity index (χ2n) is 7.86. The number of para-hydroxylation sites is 2. The highest BCUT2D eigenvalue weighted by molar-refractivity contribution is 7.22. The summed E-state index contributed by atoms with van der Waals surface area (Å²) in [5.41, 5.74) is 2.62. The summed E-state index contributed by atoms with van der Waals surface area (Å²) in [6, 6.07) is 23.1. The van der Waals surface area contributed by atoms with E-state index in [2.05, 4.69) is 37.8 Å². The van der Waals surface area contributed by atoms with Gasteiger partial charge in [0.2, 0.25) is 0 Å². The zero-order valence-electron chi connectivity index (χ0n) is 19.3.